The van der Waals surface area contributed by atoms with Gasteiger partial charge in [0.1, 0.15) is 10.7 Å². The van der Waals surface area contributed by atoms with Crippen molar-refractivity contribution >= 4 is 44.9 Å². The van der Waals surface area contributed by atoms with Crippen molar-refractivity contribution in [1.29, 1.82) is 0 Å². The van der Waals surface area contributed by atoms with Gasteiger partial charge >= 0.3 is 5.97 Å². The van der Waals surface area contributed by atoms with Gasteiger partial charge in [-0.25, -0.2) is 9.18 Å². The number of thiophene rings is 1. The second kappa shape index (κ2) is 7.63. The van der Waals surface area contributed by atoms with E-state index in [0.29, 0.717) is 21.8 Å². The van der Waals surface area contributed by atoms with E-state index >= 15 is 0 Å². The largest absolute Gasteiger partial charge is 0.451 e. The van der Waals surface area contributed by atoms with Gasteiger partial charge in [0.25, 0.3) is 5.91 Å². The minimum absolute atomic E-state index is 0.315. The molecule has 1 amide bonds. The third kappa shape index (κ3) is 4.55. The number of rotatable bonds is 5. The zero-order valence-corrected chi connectivity index (χ0v) is 14.5. The maximum Gasteiger partial charge on any atom is 0.348 e. The van der Waals surface area contributed by atoms with Crippen molar-refractivity contribution < 1.29 is 18.7 Å². The fraction of sp³-hybridized carbons (Fsp3) is 0.111. The van der Waals surface area contributed by atoms with Crippen LogP contribution in [0, 0.1) is 5.82 Å². The maximum absolute atomic E-state index is 13.2. The Morgan fingerprint density at radius 1 is 1.12 bits per heavy atom. The van der Waals surface area contributed by atoms with Crippen LogP contribution in [-0.2, 0) is 16.1 Å². The molecule has 2 aromatic carbocycles. The number of fused-ring (bicyclic) bond motifs is 1. The van der Waals surface area contributed by atoms with E-state index in [2.05, 4.69) is 5.32 Å². The summed E-state index contributed by atoms with van der Waals surface area (Å²) < 4.78 is 19.0. The number of carbonyl (C=O) groups excluding carboxylic acids is 2. The van der Waals surface area contributed by atoms with Gasteiger partial charge in [0, 0.05) is 16.3 Å². The molecular formula is C18H13ClFNO3S. The summed E-state index contributed by atoms with van der Waals surface area (Å²) in [5.74, 6) is -1.38. The minimum atomic E-state index is -0.608. The molecule has 0 spiro atoms. The first-order valence-electron chi connectivity index (χ1n) is 7.38. The zero-order valence-electron chi connectivity index (χ0n) is 12.9. The van der Waals surface area contributed by atoms with Gasteiger partial charge in [-0.15, -0.1) is 11.3 Å². The number of hydrogen-bond donors (Lipinski definition) is 1. The number of esters is 1. The molecule has 25 heavy (non-hydrogen) atoms. The molecule has 0 atom stereocenters. The summed E-state index contributed by atoms with van der Waals surface area (Å²) in [6.45, 7) is -0.0647. The van der Waals surface area contributed by atoms with Gasteiger partial charge in [-0.05, 0) is 47.3 Å². The third-order valence-electron chi connectivity index (χ3n) is 3.42. The summed E-state index contributed by atoms with van der Waals surface area (Å²) in [5, 5.41) is 3.90. The standard InChI is InChI=1S/C18H13ClFNO3S/c19-13-3-1-11(2-4-13)9-21-17(22)10-24-18(23)16-8-12-7-14(20)5-6-15(12)25-16/h1-8H,9-10H2,(H,21,22). The van der Waals surface area contributed by atoms with Crippen LogP contribution < -0.4 is 5.32 Å². The van der Waals surface area contributed by atoms with Crippen LogP contribution in [0.4, 0.5) is 4.39 Å². The van der Waals surface area contributed by atoms with E-state index in [1.807, 2.05) is 0 Å². The predicted molar refractivity (Wildman–Crippen MR) is 95.4 cm³/mol. The average Bonchev–Trinajstić information content (AvgIpc) is 3.02. The Morgan fingerprint density at radius 3 is 2.64 bits per heavy atom. The van der Waals surface area contributed by atoms with Crippen molar-refractivity contribution in [3.8, 4) is 0 Å². The Labute approximate surface area is 152 Å². The van der Waals surface area contributed by atoms with Crippen LogP contribution in [0.5, 0.6) is 0 Å². The van der Waals surface area contributed by atoms with Crippen LogP contribution in [0.2, 0.25) is 5.02 Å². The highest BCUT2D eigenvalue weighted by Crippen LogP contribution is 2.26. The van der Waals surface area contributed by atoms with Gasteiger partial charge in [0.2, 0.25) is 0 Å². The fourth-order valence-corrected chi connectivity index (χ4v) is 3.23. The SMILES string of the molecule is O=C(COC(=O)c1cc2cc(F)ccc2s1)NCc1ccc(Cl)cc1. The lowest BCUT2D eigenvalue weighted by Crippen LogP contribution is -2.28. The van der Waals surface area contributed by atoms with Crippen LogP contribution in [0.3, 0.4) is 0 Å². The van der Waals surface area contributed by atoms with E-state index in [9.17, 15) is 14.0 Å². The Bertz CT molecular complexity index is 924. The summed E-state index contributed by atoms with van der Waals surface area (Å²) in [5.41, 5.74) is 0.885. The molecule has 1 N–H and O–H groups in total. The summed E-state index contributed by atoms with van der Waals surface area (Å²) in [7, 11) is 0. The summed E-state index contributed by atoms with van der Waals surface area (Å²) >= 11 is 6.98. The normalized spacial score (nSPS) is 10.6. The molecular weight excluding hydrogens is 365 g/mol. The van der Waals surface area contributed by atoms with E-state index in [0.717, 1.165) is 10.3 Å². The van der Waals surface area contributed by atoms with Gasteiger partial charge in [-0.1, -0.05) is 23.7 Å². The van der Waals surface area contributed by atoms with Crippen LogP contribution in [0.25, 0.3) is 10.1 Å². The number of amides is 1. The molecule has 1 heterocycles. The highest BCUT2D eigenvalue weighted by atomic mass is 35.5. The summed E-state index contributed by atoms with van der Waals surface area (Å²) in [4.78, 5) is 24.1. The highest BCUT2D eigenvalue weighted by Gasteiger charge is 2.14. The van der Waals surface area contributed by atoms with Gasteiger partial charge in [-0.3, -0.25) is 4.79 Å². The number of benzene rings is 2. The van der Waals surface area contributed by atoms with Crippen LogP contribution in [0.15, 0.2) is 48.5 Å². The average molecular weight is 378 g/mol. The first-order chi connectivity index (χ1) is 12.0. The predicted octanol–water partition coefficient (Wildman–Crippen LogP) is 4.17. The topological polar surface area (TPSA) is 55.4 Å². The molecule has 0 aliphatic rings. The number of carbonyl (C=O) groups is 2. The third-order valence-corrected chi connectivity index (χ3v) is 4.76. The molecule has 0 aliphatic carbocycles. The highest BCUT2D eigenvalue weighted by molar-refractivity contribution is 7.20. The molecule has 3 rings (SSSR count). The number of halogens is 2. The minimum Gasteiger partial charge on any atom is -0.451 e. The molecule has 1 aromatic heterocycles. The molecule has 0 radical (unpaired) electrons. The molecule has 0 saturated carbocycles. The van der Waals surface area contributed by atoms with E-state index < -0.39 is 11.9 Å². The van der Waals surface area contributed by atoms with E-state index in [4.69, 9.17) is 16.3 Å². The van der Waals surface area contributed by atoms with Crippen molar-refractivity contribution in [3.05, 3.63) is 69.8 Å². The Hall–Kier alpha value is -2.44. The lowest BCUT2D eigenvalue weighted by molar-refractivity contribution is -0.124. The van der Waals surface area contributed by atoms with E-state index in [1.54, 1.807) is 36.4 Å². The molecule has 4 nitrogen and oxygen atoms in total. The van der Waals surface area contributed by atoms with Gasteiger partial charge in [0.05, 0.1) is 0 Å². The lowest BCUT2D eigenvalue weighted by atomic mass is 10.2. The smallest absolute Gasteiger partial charge is 0.348 e. The van der Waals surface area contributed by atoms with E-state index in [1.165, 1.54) is 23.5 Å². The van der Waals surface area contributed by atoms with Crippen molar-refractivity contribution in [2.75, 3.05) is 6.61 Å². The fourth-order valence-electron chi connectivity index (χ4n) is 2.17. The number of ether oxygens (including phenoxy) is 1. The molecule has 0 aliphatic heterocycles. The van der Waals surface area contributed by atoms with Crippen molar-refractivity contribution in [2.45, 2.75) is 6.54 Å². The number of hydrogen-bond acceptors (Lipinski definition) is 4. The van der Waals surface area contributed by atoms with Crippen LogP contribution in [-0.4, -0.2) is 18.5 Å². The second-order valence-electron chi connectivity index (χ2n) is 5.27. The molecule has 0 unspecified atom stereocenters. The molecule has 0 fully saturated rings. The zero-order chi connectivity index (χ0) is 17.8. The van der Waals surface area contributed by atoms with Crippen LogP contribution in [0.1, 0.15) is 15.2 Å². The first kappa shape index (κ1) is 17.4. The Morgan fingerprint density at radius 2 is 1.88 bits per heavy atom. The van der Waals surface area contributed by atoms with Gasteiger partial charge in [-0.2, -0.15) is 0 Å². The molecule has 7 heteroatoms. The maximum atomic E-state index is 13.2. The Balaban J connectivity index is 1.52. The summed E-state index contributed by atoms with van der Waals surface area (Å²) in [6, 6.07) is 12.9. The molecule has 0 bridgehead atoms. The van der Waals surface area contributed by atoms with Crippen molar-refractivity contribution in [2.24, 2.45) is 0 Å². The first-order valence-corrected chi connectivity index (χ1v) is 8.58. The second-order valence-corrected chi connectivity index (χ2v) is 6.79. The molecule has 0 saturated heterocycles. The lowest BCUT2D eigenvalue weighted by Gasteiger charge is -2.06. The van der Waals surface area contributed by atoms with Crippen molar-refractivity contribution in [3.63, 3.8) is 0 Å². The quantitative estimate of drug-likeness (QED) is 0.679. The van der Waals surface area contributed by atoms with Gasteiger partial charge in [0.15, 0.2) is 6.61 Å². The van der Waals surface area contributed by atoms with Crippen molar-refractivity contribution in [1.82, 2.24) is 5.32 Å². The van der Waals surface area contributed by atoms with Crippen LogP contribution >= 0.6 is 22.9 Å². The van der Waals surface area contributed by atoms with E-state index in [-0.39, 0.29) is 12.4 Å². The van der Waals surface area contributed by atoms with Gasteiger partial charge < -0.3 is 10.1 Å². The number of nitrogens with one attached hydrogen (secondary N) is 1. The molecule has 3 aromatic rings. The summed E-state index contributed by atoms with van der Waals surface area (Å²) in [6.07, 6.45) is 0. The molecule has 128 valence electrons. The Kier molecular flexibility index (Phi) is 5.31. The monoisotopic (exact) mass is 377 g/mol.